The maximum atomic E-state index is 15.5. The normalized spacial score (nSPS) is 16.2. The number of methoxy groups -OCH3 is 1. The third-order valence-electron chi connectivity index (χ3n) is 6.07. The van der Waals surface area contributed by atoms with Crippen LogP contribution in [0.5, 0.6) is 6.01 Å². The molecular formula is C23H26F2N8OS. The molecular weight excluding hydrogens is 474 g/mol. The number of rotatable bonds is 4. The van der Waals surface area contributed by atoms with Crippen LogP contribution in [0.2, 0.25) is 0 Å². The maximum absolute atomic E-state index is 15.5. The summed E-state index contributed by atoms with van der Waals surface area (Å²) in [6.45, 7) is 4.20. The van der Waals surface area contributed by atoms with Crippen molar-refractivity contribution in [3.63, 3.8) is 0 Å². The van der Waals surface area contributed by atoms with Crippen LogP contribution >= 0.6 is 11.3 Å². The van der Waals surface area contributed by atoms with E-state index in [1.807, 2.05) is 0 Å². The summed E-state index contributed by atoms with van der Waals surface area (Å²) in [5.41, 5.74) is 6.39. The van der Waals surface area contributed by atoms with Gasteiger partial charge in [-0.3, -0.25) is 4.98 Å². The van der Waals surface area contributed by atoms with E-state index in [1.54, 1.807) is 0 Å². The molecule has 3 aromatic heterocycles. The minimum absolute atomic E-state index is 0.00446. The Morgan fingerprint density at radius 3 is 2.54 bits per heavy atom. The Bertz CT molecular complexity index is 1370. The standard InChI is InChI=1S/C18H15F2N7OS.C5H11N/c1-28-18-26-13-9(16(27-18)24-7-4-22-5-7)6-23-12(11(13)20)8-2-3-10(19)15-14(8)25-17(21)29-15;1-6-4-2-3-5-6/h2-3,6-7,22H,4-5H2,1H3,(H2,21,25)(H,24,26,27);2-5H2,1H3. The van der Waals surface area contributed by atoms with E-state index in [0.29, 0.717) is 16.8 Å². The second-order valence-electron chi connectivity index (χ2n) is 8.58. The lowest BCUT2D eigenvalue weighted by Gasteiger charge is -2.28. The van der Waals surface area contributed by atoms with Crippen LogP contribution in [0.4, 0.5) is 19.7 Å². The number of nitrogen functional groups attached to an aromatic ring is 1. The van der Waals surface area contributed by atoms with E-state index in [4.69, 9.17) is 10.5 Å². The van der Waals surface area contributed by atoms with Crippen molar-refractivity contribution in [3.05, 3.63) is 30.0 Å². The predicted octanol–water partition coefficient (Wildman–Crippen LogP) is 3.27. The number of halogens is 2. The number of nitrogens with zero attached hydrogens (tertiary/aromatic N) is 5. The summed E-state index contributed by atoms with van der Waals surface area (Å²) < 4.78 is 35.0. The molecule has 9 nitrogen and oxygen atoms in total. The van der Waals surface area contributed by atoms with Crippen LogP contribution in [0, 0.1) is 11.6 Å². The van der Waals surface area contributed by atoms with Crippen molar-refractivity contribution in [2.24, 2.45) is 0 Å². The van der Waals surface area contributed by atoms with Crippen LogP contribution in [0.15, 0.2) is 18.3 Å². The molecule has 2 saturated heterocycles. The number of benzene rings is 1. The number of nitrogens with two attached hydrogens (primary N) is 1. The van der Waals surface area contributed by atoms with Crippen molar-refractivity contribution in [1.82, 2.24) is 30.2 Å². The number of thiazole rings is 1. The largest absolute Gasteiger partial charge is 0.467 e. The van der Waals surface area contributed by atoms with E-state index >= 15 is 4.39 Å². The molecule has 0 amide bonds. The quantitative estimate of drug-likeness (QED) is 0.388. The Hall–Kier alpha value is -3.22. The van der Waals surface area contributed by atoms with Crippen molar-refractivity contribution in [2.75, 3.05) is 51.4 Å². The fourth-order valence-corrected chi connectivity index (χ4v) is 4.83. The molecule has 1 aromatic carbocycles. The highest BCUT2D eigenvalue weighted by molar-refractivity contribution is 7.22. The topological polar surface area (TPSA) is 114 Å². The molecule has 35 heavy (non-hydrogen) atoms. The Labute approximate surface area is 204 Å². The summed E-state index contributed by atoms with van der Waals surface area (Å²) in [5.74, 6) is -0.695. The zero-order valence-corrected chi connectivity index (χ0v) is 20.3. The van der Waals surface area contributed by atoms with E-state index in [2.05, 4.69) is 42.5 Å². The molecule has 12 heteroatoms. The van der Waals surface area contributed by atoms with Crippen molar-refractivity contribution in [3.8, 4) is 17.3 Å². The van der Waals surface area contributed by atoms with Gasteiger partial charge in [-0.1, -0.05) is 11.3 Å². The highest BCUT2D eigenvalue weighted by atomic mass is 32.1. The van der Waals surface area contributed by atoms with E-state index in [9.17, 15) is 4.39 Å². The van der Waals surface area contributed by atoms with Gasteiger partial charge in [0, 0.05) is 24.8 Å². The third kappa shape index (κ3) is 4.68. The van der Waals surface area contributed by atoms with Crippen molar-refractivity contribution in [2.45, 2.75) is 18.9 Å². The molecule has 0 bridgehead atoms. The summed E-state index contributed by atoms with van der Waals surface area (Å²) in [7, 11) is 3.59. The predicted molar refractivity (Wildman–Crippen MR) is 134 cm³/mol. The van der Waals surface area contributed by atoms with Gasteiger partial charge in [-0.2, -0.15) is 9.97 Å². The van der Waals surface area contributed by atoms with E-state index < -0.39 is 11.6 Å². The Balaban J connectivity index is 0.000000371. The maximum Gasteiger partial charge on any atom is 0.318 e. The highest BCUT2D eigenvalue weighted by Gasteiger charge is 2.23. The average Bonchev–Trinajstić information content (AvgIpc) is 3.46. The van der Waals surface area contributed by atoms with Crippen LogP contribution in [0.25, 0.3) is 32.4 Å². The van der Waals surface area contributed by atoms with Crippen molar-refractivity contribution >= 4 is 43.4 Å². The van der Waals surface area contributed by atoms with Gasteiger partial charge in [-0.15, -0.1) is 0 Å². The van der Waals surface area contributed by atoms with Gasteiger partial charge >= 0.3 is 6.01 Å². The van der Waals surface area contributed by atoms with Crippen LogP contribution < -0.4 is 21.1 Å². The van der Waals surface area contributed by atoms with Gasteiger partial charge < -0.3 is 26.0 Å². The lowest BCUT2D eigenvalue weighted by molar-refractivity contribution is 0.381. The smallest absolute Gasteiger partial charge is 0.318 e. The zero-order chi connectivity index (χ0) is 24.5. The SMILES string of the molecule is CN1CCCC1.COc1nc(NC2CNC2)c2cnc(-c3ccc(F)c4sc(N)nc34)c(F)c2n1. The highest BCUT2D eigenvalue weighted by Crippen LogP contribution is 2.37. The fraction of sp³-hybridized carbons (Fsp3) is 0.391. The van der Waals surface area contributed by atoms with Gasteiger partial charge in [0.1, 0.15) is 22.8 Å². The molecule has 0 radical (unpaired) electrons. The first-order valence-electron chi connectivity index (χ1n) is 11.4. The number of likely N-dealkylation sites (tertiary alicyclic amines) is 1. The molecule has 0 atom stereocenters. The number of anilines is 2. The van der Waals surface area contributed by atoms with E-state index in [1.165, 1.54) is 51.4 Å². The van der Waals surface area contributed by atoms with Gasteiger partial charge in [0.25, 0.3) is 0 Å². The lowest BCUT2D eigenvalue weighted by atomic mass is 10.1. The number of nitrogens with one attached hydrogen (secondary N) is 2. The minimum atomic E-state index is -0.669. The third-order valence-corrected chi connectivity index (χ3v) is 6.96. The number of pyridine rings is 1. The van der Waals surface area contributed by atoms with E-state index in [-0.39, 0.29) is 38.6 Å². The van der Waals surface area contributed by atoms with Crippen LogP contribution in [-0.4, -0.2) is 71.2 Å². The molecule has 0 spiro atoms. The van der Waals surface area contributed by atoms with Crippen LogP contribution in [0.1, 0.15) is 12.8 Å². The van der Waals surface area contributed by atoms with E-state index in [0.717, 1.165) is 24.4 Å². The molecule has 6 rings (SSSR count). The molecule has 0 aliphatic carbocycles. The number of hydrogen-bond acceptors (Lipinski definition) is 10. The Morgan fingerprint density at radius 1 is 1.14 bits per heavy atom. The molecule has 5 heterocycles. The Kier molecular flexibility index (Phi) is 6.58. The number of hydrogen-bond donors (Lipinski definition) is 3. The lowest BCUT2D eigenvalue weighted by Crippen LogP contribution is -2.51. The first-order chi connectivity index (χ1) is 16.9. The first-order valence-corrected chi connectivity index (χ1v) is 12.2. The van der Waals surface area contributed by atoms with Crippen LogP contribution in [-0.2, 0) is 0 Å². The fourth-order valence-electron chi connectivity index (χ4n) is 4.07. The summed E-state index contributed by atoms with van der Waals surface area (Å²) >= 11 is 1.00. The molecule has 0 unspecified atom stereocenters. The summed E-state index contributed by atoms with van der Waals surface area (Å²) in [6.07, 6.45) is 4.32. The molecule has 4 N–H and O–H groups in total. The molecule has 4 aromatic rings. The van der Waals surface area contributed by atoms with Gasteiger partial charge in [0.05, 0.1) is 28.8 Å². The van der Waals surface area contributed by atoms with Gasteiger partial charge in [0.2, 0.25) is 0 Å². The average molecular weight is 501 g/mol. The number of fused-ring (bicyclic) bond motifs is 2. The van der Waals surface area contributed by atoms with Crippen molar-refractivity contribution < 1.29 is 13.5 Å². The molecule has 184 valence electrons. The molecule has 2 fully saturated rings. The summed E-state index contributed by atoms with van der Waals surface area (Å²) in [6, 6.07) is 2.89. The van der Waals surface area contributed by atoms with Gasteiger partial charge in [-0.25, -0.2) is 13.8 Å². The van der Waals surface area contributed by atoms with Crippen LogP contribution in [0.3, 0.4) is 0 Å². The molecule has 2 aliphatic heterocycles. The van der Waals surface area contributed by atoms with Crippen molar-refractivity contribution in [1.29, 1.82) is 0 Å². The number of ether oxygens (including phenoxy) is 1. The van der Waals surface area contributed by atoms with Gasteiger partial charge in [-0.05, 0) is 45.1 Å². The number of aromatic nitrogens is 4. The summed E-state index contributed by atoms with van der Waals surface area (Å²) in [4.78, 5) is 19.3. The molecule has 0 saturated carbocycles. The monoisotopic (exact) mass is 500 g/mol. The minimum Gasteiger partial charge on any atom is -0.467 e. The second kappa shape index (κ2) is 9.80. The zero-order valence-electron chi connectivity index (χ0n) is 19.4. The van der Waals surface area contributed by atoms with Gasteiger partial charge in [0.15, 0.2) is 10.9 Å². The first kappa shape index (κ1) is 23.5. The molecule has 2 aliphatic rings. The summed E-state index contributed by atoms with van der Waals surface area (Å²) in [5, 5.41) is 7.01. The second-order valence-corrected chi connectivity index (χ2v) is 9.61. The Morgan fingerprint density at radius 2 is 1.91 bits per heavy atom.